The first-order valence-electron chi connectivity index (χ1n) is 16.3. The van der Waals surface area contributed by atoms with Gasteiger partial charge in [-0.1, -0.05) is 74.3 Å². The van der Waals surface area contributed by atoms with Crippen molar-refractivity contribution in [2.24, 2.45) is 17.8 Å². The lowest BCUT2D eigenvalue weighted by Gasteiger charge is -2.33. The molecule has 3 amide bonds. The van der Waals surface area contributed by atoms with Crippen LogP contribution in [0.25, 0.3) is 0 Å². The zero-order valence-corrected chi connectivity index (χ0v) is 27.7. The van der Waals surface area contributed by atoms with Crippen molar-refractivity contribution < 1.29 is 24.6 Å². The van der Waals surface area contributed by atoms with Gasteiger partial charge in [0.05, 0.1) is 18.1 Å². The minimum Gasteiger partial charge on any atom is -0.390 e. The Balaban J connectivity index is 2.32. The fourth-order valence-electron chi connectivity index (χ4n) is 5.82. The number of aliphatic hydroxyl groups is 2. The van der Waals surface area contributed by atoms with Crippen molar-refractivity contribution in [2.45, 2.75) is 88.5 Å². The molecule has 2 rings (SSSR count). The minimum absolute atomic E-state index is 0.0832. The highest BCUT2D eigenvalue weighted by atomic mass is 16.3. The van der Waals surface area contributed by atoms with Crippen LogP contribution in [0.1, 0.15) is 63.4 Å². The van der Waals surface area contributed by atoms with Crippen molar-refractivity contribution >= 4 is 17.7 Å². The van der Waals surface area contributed by atoms with Gasteiger partial charge in [-0.25, -0.2) is 0 Å². The van der Waals surface area contributed by atoms with E-state index in [1.807, 2.05) is 49.3 Å². The average Bonchev–Trinajstić information content (AvgIpc) is 3.05. The van der Waals surface area contributed by atoms with Crippen LogP contribution in [0, 0.1) is 54.8 Å². The van der Waals surface area contributed by atoms with Crippen LogP contribution in [0.15, 0.2) is 30.3 Å². The summed E-state index contributed by atoms with van der Waals surface area (Å²) >= 11 is 0. The molecule has 0 unspecified atom stereocenters. The summed E-state index contributed by atoms with van der Waals surface area (Å²) in [7, 11) is 5.53. The summed E-state index contributed by atoms with van der Waals surface area (Å²) in [6.45, 7) is 1.15. The van der Waals surface area contributed by atoms with Crippen molar-refractivity contribution in [2.75, 3.05) is 34.2 Å². The Hall–Kier alpha value is -3.81. The molecule has 1 aromatic carbocycles. The first-order valence-corrected chi connectivity index (χ1v) is 16.3. The van der Waals surface area contributed by atoms with E-state index >= 15 is 0 Å². The topological polar surface area (TPSA) is 122 Å². The normalized spacial score (nSPS) is 16.6. The Bertz CT molecular complexity index is 1210. The third kappa shape index (κ3) is 12.9. The van der Waals surface area contributed by atoms with Crippen LogP contribution in [-0.2, 0) is 20.8 Å². The standard InChI is InChI=1S/C37H52N4O5/c1-7-10-21-32(42)35(44)31(25-28-19-15-12-16-20-28)38-37(46)34(29(8-2)9-3)39-36(45)30(24-27-17-13-11-14-18-27)26-33(43)41(6)23-22-40(4)5/h1-3,11,13-14,17-18,28-32,34-35,42,44H,10,12,15-16,19-26H2,4-6H3,(H,38,46)(H,39,45)/t30-,31+,32+,34+,35-/m1/s1. The molecule has 9 heteroatoms. The molecule has 0 heterocycles. The number of likely N-dealkylation sites (N-methyl/N-ethyl adjacent to an activating group) is 2. The average molecular weight is 633 g/mol. The van der Waals surface area contributed by atoms with Gasteiger partial charge in [0.25, 0.3) is 0 Å². The van der Waals surface area contributed by atoms with Crippen LogP contribution in [0.3, 0.4) is 0 Å². The number of nitrogens with one attached hydrogen (secondary N) is 2. The second-order valence-corrected chi connectivity index (χ2v) is 12.7. The van der Waals surface area contributed by atoms with E-state index in [4.69, 9.17) is 19.3 Å². The van der Waals surface area contributed by atoms with Crippen LogP contribution < -0.4 is 10.6 Å². The van der Waals surface area contributed by atoms with Gasteiger partial charge < -0.3 is 30.6 Å². The first kappa shape index (κ1) is 38.4. The summed E-state index contributed by atoms with van der Waals surface area (Å²) in [5.74, 6) is 4.25. The molecule has 0 radical (unpaired) electrons. The maximum Gasteiger partial charge on any atom is 0.245 e. The maximum absolute atomic E-state index is 13.9. The van der Waals surface area contributed by atoms with Gasteiger partial charge in [-0.05, 0) is 44.8 Å². The number of carbonyl (C=O) groups excluding carboxylic acids is 3. The summed E-state index contributed by atoms with van der Waals surface area (Å²) in [5, 5.41) is 27.4. The lowest BCUT2D eigenvalue weighted by Crippen LogP contribution is -2.57. The van der Waals surface area contributed by atoms with Gasteiger partial charge in [0.2, 0.25) is 17.7 Å². The lowest BCUT2D eigenvalue weighted by atomic mass is 9.82. The Kier molecular flexibility index (Phi) is 17.0. The molecule has 1 aromatic rings. The predicted octanol–water partition coefficient (Wildman–Crippen LogP) is 2.21. The molecule has 46 heavy (non-hydrogen) atoms. The van der Waals surface area contributed by atoms with Crippen LogP contribution in [0.2, 0.25) is 0 Å². The monoisotopic (exact) mass is 632 g/mol. The van der Waals surface area contributed by atoms with Gasteiger partial charge in [-0.15, -0.1) is 25.2 Å². The Labute approximate surface area is 275 Å². The van der Waals surface area contributed by atoms with E-state index in [1.165, 1.54) is 0 Å². The molecule has 0 bridgehead atoms. The third-order valence-corrected chi connectivity index (χ3v) is 8.73. The summed E-state index contributed by atoms with van der Waals surface area (Å²) in [6.07, 6.45) is 20.6. The zero-order chi connectivity index (χ0) is 34.1. The second kappa shape index (κ2) is 20.3. The fourth-order valence-corrected chi connectivity index (χ4v) is 5.82. The number of hydrogen-bond donors (Lipinski definition) is 4. The van der Waals surface area contributed by atoms with Gasteiger partial charge in [0, 0.05) is 33.0 Å². The number of nitrogens with zero attached hydrogens (tertiary/aromatic N) is 2. The van der Waals surface area contributed by atoms with E-state index in [0.717, 1.165) is 37.7 Å². The SMILES string of the molecule is C#CCC[C@H](O)[C@H](O)[C@H](CC1CCCCC1)NC(=O)[C@@H](NC(=O)[C@@H](CC(=O)N(C)CCN(C)C)Cc1ccccc1)C(C#C)C#C. The number of benzene rings is 1. The van der Waals surface area contributed by atoms with Gasteiger partial charge in [-0.3, -0.25) is 14.4 Å². The van der Waals surface area contributed by atoms with Crippen LogP contribution in [0.5, 0.6) is 0 Å². The summed E-state index contributed by atoms with van der Waals surface area (Å²) in [5.41, 5.74) is 0.856. The van der Waals surface area contributed by atoms with Crippen LogP contribution in [0.4, 0.5) is 0 Å². The van der Waals surface area contributed by atoms with Gasteiger partial charge in [0.15, 0.2) is 0 Å². The quantitative estimate of drug-likeness (QED) is 0.184. The summed E-state index contributed by atoms with van der Waals surface area (Å²) in [4.78, 5) is 44.5. The highest BCUT2D eigenvalue weighted by Gasteiger charge is 2.36. The Morgan fingerprint density at radius 1 is 0.935 bits per heavy atom. The van der Waals surface area contributed by atoms with E-state index in [-0.39, 0.29) is 37.5 Å². The lowest BCUT2D eigenvalue weighted by molar-refractivity contribution is -0.137. The molecule has 4 N–H and O–H groups in total. The molecule has 1 aliphatic carbocycles. The Morgan fingerprint density at radius 2 is 1.59 bits per heavy atom. The molecule has 5 atom stereocenters. The third-order valence-electron chi connectivity index (χ3n) is 8.73. The molecule has 0 aromatic heterocycles. The van der Waals surface area contributed by atoms with E-state index < -0.39 is 47.9 Å². The van der Waals surface area contributed by atoms with Crippen molar-refractivity contribution in [3.05, 3.63) is 35.9 Å². The van der Waals surface area contributed by atoms with Crippen LogP contribution in [-0.4, -0.2) is 96.3 Å². The molecular formula is C37H52N4O5. The van der Waals surface area contributed by atoms with Crippen molar-refractivity contribution in [3.63, 3.8) is 0 Å². The van der Waals surface area contributed by atoms with E-state index in [1.54, 1.807) is 11.9 Å². The molecule has 250 valence electrons. The van der Waals surface area contributed by atoms with Crippen molar-refractivity contribution in [1.29, 1.82) is 0 Å². The smallest absolute Gasteiger partial charge is 0.245 e. The second-order valence-electron chi connectivity index (χ2n) is 12.7. The largest absolute Gasteiger partial charge is 0.390 e. The van der Waals surface area contributed by atoms with E-state index in [9.17, 15) is 24.6 Å². The molecule has 1 saturated carbocycles. The number of carbonyl (C=O) groups is 3. The van der Waals surface area contributed by atoms with Gasteiger partial charge in [-0.2, -0.15) is 0 Å². The fraction of sp³-hybridized carbons (Fsp3) is 0.595. The minimum atomic E-state index is -1.33. The Morgan fingerprint density at radius 3 is 2.17 bits per heavy atom. The number of rotatable bonds is 18. The first-order chi connectivity index (χ1) is 22.0. The molecular weight excluding hydrogens is 580 g/mol. The number of hydrogen-bond acceptors (Lipinski definition) is 6. The van der Waals surface area contributed by atoms with Crippen LogP contribution >= 0.6 is 0 Å². The zero-order valence-electron chi connectivity index (χ0n) is 27.7. The molecule has 0 aliphatic heterocycles. The number of aliphatic hydroxyl groups excluding tert-OH is 2. The molecule has 0 spiro atoms. The van der Waals surface area contributed by atoms with Gasteiger partial charge in [0.1, 0.15) is 18.1 Å². The molecule has 0 saturated heterocycles. The highest BCUT2D eigenvalue weighted by Crippen LogP contribution is 2.29. The number of amides is 3. The van der Waals surface area contributed by atoms with Crippen molar-refractivity contribution in [1.82, 2.24) is 20.4 Å². The predicted molar refractivity (Wildman–Crippen MR) is 181 cm³/mol. The van der Waals surface area contributed by atoms with E-state index in [0.29, 0.717) is 19.5 Å². The molecule has 1 aliphatic rings. The molecule has 1 fully saturated rings. The van der Waals surface area contributed by atoms with Crippen molar-refractivity contribution in [3.8, 4) is 37.0 Å². The number of terminal acetylenes is 3. The molecule has 9 nitrogen and oxygen atoms in total. The maximum atomic E-state index is 13.9. The van der Waals surface area contributed by atoms with E-state index in [2.05, 4.69) is 28.4 Å². The summed E-state index contributed by atoms with van der Waals surface area (Å²) in [6, 6.07) is 7.18. The highest BCUT2D eigenvalue weighted by molar-refractivity contribution is 5.91. The van der Waals surface area contributed by atoms with Gasteiger partial charge >= 0.3 is 0 Å². The summed E-state index contributed by atoms with van der Waals surface area (Å²) < 4.78 is 0.